The molecule has 4 heteroatoms. The first-order valence-electron chi connectivity index (χ1n) is 5.99. The molecule has 0 saturated heterocycles. The molecule has 1 aromatic heterocycles. The lowest BCUT2D eigenvalue weighted by Crippen LogP contribution is -2.34. The molecular formula is C14H14ClNO2. The van der Waals surface area contributed by atoms with Gasteiger partial charge in [-0.1, -0.05) is 11.6 Å². The second-order valence-corrected chi connectivity index (χ2v) is 5.15. The van der Waals surface area contributed by atoms with Gasteiger partial charge in [0.15, 0.2) is 0 Å². The summed E-state index contributed by atoms with van der Waals surface area (Å²) in [6.45, 7) is 0. The molecule has 2 aromatic rings. The van der Waals surface area contributed by atoms with Crippen molar-refractivity contribution in [1.29, 1.82) is 0 Å². The van der Waals surface area contributed by atoms with E-state index in [9.17, 15) is 5.11 Å². The number of benzene rings is 1. The number of pyridine rings is 1. The van der Waals surface area contributed by atoms with Gasteiger partial charge in [-0.2, -0.15) is 0 Å². The van der Waals surface area contributed by atoms with Crippen LogP contribution < -0.4 is 4.74 Å². The second-order valence-electron chi connectivity index (χ2n) is 4.75. The van der Waals surface area contributed by atoms with Crippen molar-refractivity contribution in [3.8, 4) is 5.75 Å². The van der Waals surface area contributed by atoms with Crippen molar-refractivity contribution in [3.63, 3.8) is 0 Å². The lowest BCUT2D eigenvalue weighted by Gasteiger charge is -2.38. The fourth-order valence-electron chi connectivity index (χ4n) is 2.45. The molecule has 94 valence electrons. The van der Waals surface area contributed by atoms with E-state index in [1.54, 1.807) is 19.4 Å². The van der Waals surface area contributed by atoms with Gasteiger partial charge in [-0.15, -0.1) is 0 Å². The van der Waals surface area contributed by atoms with Gasteiger partial charge in [0, 0.05) is 23.2 Å². The molecule has 1 aliphatic carbocycles. The smallest absolute Gasteiger partial charge is 0.127 e. The van der Waals surface area contributed by atoms with Crippen molar-refractivity contribution < 1.29 is 9.84 Å². The molecule has 1 aliphatic rings. The first-order valence-corrected chi connectivity index (χ1v) is 6.37. The quantitative estimate of drug-likeness (QED) is 0.904. The van der Waals surface area contributed by atoms with E-state index in [0.29, 0.717) is 10.8 Å². The van der Waals surface area contributed by atoms with E-state index in [1.807, 2.05) is 12.1 Å². The molecule has 0 amide bonds. The van der Waals surface area contributed by atoms with Gasteiger partial charge in [-0.25, -0.2) is 0 Å². The highest BCUT2D eigenvalue weighted by Gasteiger charge is 2.38. The van der Waals surface area contributed by atoms with Crippen LogP contribution in [0.5, 0.6) is 5.75 Å². The van der Waals surface area contributed by atoms with Crippen LogP contribution >= 0.6 is 11.6 Å². The maximum absolute atomic E-state index is 10.5. The molecule has 18 heavy (non-hydrogen) atoms. The van der Waals surface area contributed by atoms with Gasteiger partial charge in [0.05, 0.1) is 23.3 Å². The molecule has 0 atom stereocenters. The van der Waals surface area contributed by atoms with Crippen LogP contribution in [0.15, 0.2) is 24.4 Å². The third-order valence-corrected chi connectivity index (χ3v) is 4.02. The highest BCUT2D eigenvalue weighted by Crippen LogP contribution is 2.46. The Bertz CT molecular complexity index is 608. The number of hydrogen-bond donors (Lipinski definition) is 1. The summed E-state index contributed by atoms with van der Waals surface area (Å²) in [5.74, 6) is 0.680. The van der Waals surface area contributed by atoms with Crippen LogP contribution in [0.1, 0.15) is 24.8 Å². The van der Waals surface area contributed by atoms with Gasteiger partial charge >= 0.3 is 0 Å². The summed E-state index contributed by atoms with van der Waals surface area (Å²) >= 11 is 6.17. The normalized spacial score (nSPS) is 17.5. The van der Waals surface area contributed by atoms with Crippen LogP contribution in [-0.2, 0) is 5.60 Å². The Morgan fingerprint density at radius 1 is 1.39 bits per heavy atom. The zero-order chi connectivity index (χ0) is 12.8. The molecule has 0 unspecified atom stereocenters. The lowest BCUT2D eigenvalue weighted by molar-refractivity contribution is -0.0403. The fourth-order valence-corrected chi connectivity index (χ4v) is 2.66. The molecule has 0 spiro atoms. The third-order valence-electron chi connectivity index (χ3n) is 3.69. The zero-order valence-electron chi connectivity index (χ0n) is 10.1. The second kappa shape index (κ2) is 4.11. The Labute approximate surface area is 110 Å². The zero-order valence-corrected chi connectivity index (χ0v) is 10.9. The Kier molecular flexibility index (Phi) is 2.68. The van der Waals surface area contributed by atoms with Crippen LogP contribution in [0.25, 0.3) is 10.9 Å². The van der Waals surface area contributed by atoms with Gasteiger partial charge in [0.1, 0.15) is 5.75 Å². The minimum Gasteiger partial charge on any atom is -0.496 e. The van der Waals surface area contributed by atoms with Gasteiger partial charge < -0.3 is 9.84 Å². The number of hydrogen-bond acceptors (Lipinski definition) is 3. The lowest BCUT2D eigenvalue weighted by atomic mass is 9.74. The van der Waals surface area contributed by atoms with Gasteiger partial charge in [0.25, 0.3) is 0 Å². The van der Waals surface area contributed by atoms with E-state index in [1.165, 1.54) is 0 Å². The number of rotatable bonds is 2. The summed E-state index contributed by atoms with van der Waals surface area (Å²) in [4.78, 5) is 4.27. The Hall–Kier alpha value is -1.32. The molecule has 3 nitrogen and oxygen atoms in total. The maximum atomic E-state index is 10.5. The first kappa shape index (κ1) is 11.8. The molecule has 1 saturated carbocycles. The SMILES string of the molecule is COc1cc2nccc(Cl)c2cc1C1(O)CCC1. The molecule has 0 bridgehead atoms. The van der Waals surface area contributed by atoms with Crippen molar-refractivity contribution in [2.24, 2.45) is 0 Å². The summed E-state index contributed by atoms with van der Waals surface area (Å²) in [5.41, 5.74) is 0.836. The summed E-state index contributed by atoms with van der Waals surface area (Å²) in [7, 11) is 1.61. The summed E-state index contributed by atoms with van der Waals surface area (Å²) in [5, 5.41) is 12.0. The van der Waals surface area contributed by atoms with Crippen LogP contribution in [0.3, 0.4) is 0 Å². The number of methoxy groups -OCH3 is 1. The average Bonchev–Trinajstić information content (AvgIpc) is 2.35. The molecule has 1 aromatic carbocycles. The third kappa shape index (κ3) is 1.66. The minimum absolute atomic E-state index is 0.645. The predicted molar refractivity (Wildman–Crippen MR) is 71.1 cm³/mol. The van der Waals surface area contributed by atoms with E-state index in [4.69, 9.17) is 16.3 Å². The fraction of sp³-hybridized carbons (Fsp3) is 0.357. The highest BCUT2D eigenvalue weighted by molar-refractivity contribution is 6.35. The topological polar surface area (TPSA) is 42.4 Å². The van der Waals surface area contributed by atoms with E-state index in [2.05, 4.69) is 4.98 Å². The van der Waals surface area contributed by atoms with Crippen LogP contribution in [0, 0.1) is 0 Å². The van der Waals surface area contributed by atoms with Crippen LogP contribution in [0.4, 0.5) is 0 Å². The largest absolute Gasteiger partial charge is 0.496 e. The van der Waals surface area contributed by atoms with Crippen LogP contribution in [0.2, 0.25) is 5.02 Å². The highest BCUT2D eigenvalue weighted by atomic mass is 35.5. The van der Waals surface area contributed by atoms with E-state index in [-0.39, 0.29) is 0 Å². The standard InChI is InChI=1S/C14H14ClNO2/c1-18-13-8-12-9(11(15)3-6-16-12)7-10(13)14(17)4-2-5-14/h3,6-8,17H,2,4-5H2,1H3. The number of ether oxygens (including phenoxy) is 1. The number of aliphatic hydroxyl groups is 1. The van der Waals surface area contributed by atoms with Crippen LogP contribution in [-0.4, -0.2) is 17.2 Å². The van der Waals surface area contributed by atoms with E-state index < -0.39 is 5.60 Å². The Morgan fingerprint density at radius 3 is 2.78 bits per heavy atom. The average molecular weight is 264 g/mol. The summed E-state index contributed by atoms with van der Waals surface area (Å²) in [6, 6.07) is 5.50. The molecule has 3 rings (SSSR count). The molecule has 0 aliphatic heterocycles. The number of halogens is 1. The Balaban J connectivity index is 2.26. The molecule has 1 fully saturated rings. The molecule has 0 radical (unpaired) electrons. The van der Waals surface area contributed by atoms with Gasteiger partial charge in [-0.05, 0) is 31.4 Å². The predicted octanol–water partition coefficient (Wildman–Crippen LogP) is 3.27. The minimum atomic E-state index is -0.765. The van der Waals surface area contributed by atoms with E-state index >= 15 is 0 Å². The van der Waals surface area contributed by atoms with Gasteiger partial charge in [0.2, 0.25) is 0 Å². The summed E-state index contributed by atoms with van der Waals surface area (Å²) in [6.07, 6.45) is 4.25. The van der Waals surface area contributed by atoms with Crippen molar-refractivity contribution in [3.05, 3.63) is 35.0 Å². The van der Waals surface area contributed by atoms with Crippen molar-refractivity contribution >= 4 is 22.5 Å². The molecule has 1 heterocycles. The number of fused-ring (bicyclic) bond motifs is 1. The van der Waals surface area contributed by atoms with Crippen molar-refractivity contribution in [2.45, 2.75) is 24.9 Å². The van der Waals surface area contributed by atoms with Crippen molar-refractivity contribution in [1.82, 2.24) is 4.98 Å². The first-order chi connectivity index (χ1) is 8.64. The maximum Gasteiger partial charge on any atom is 0.127 e. The summed E-state index contributed by atoms with van der Waals surface area (Å²) < 4.78 is 5.37. The van der Waals surface area contributed by atoms with E-state index in [0.717, 1.165) is 35.7 Å². The molecular weight excluding hydrogens is 250 g/mol. The monoisotopic (exact) mass is 263 g/mol. The van der Waals surface area contributed by atoms with Crippen molar-refractivity contribution in [2.75, 3.05) is 7.11 Å². The van der Waals surface area contributed by atoms with Gasteiger partial charge in [-0.3, -0.25) is 4.98 Å². The molecule has 1 N–H and O–H groups in total. The Morgan fingerprint density at radius 2 is 2.17 bits per heavy atom. The number of aromatic nitrogens is 1. The number of nitrogens with zero attached hydrogens (tertiary/aromatic N) is 1.